The highest BCUT2D eigenvalue weighted by Gasteiger charge is 2.13. The zero-order valence-electron chi connectivity index (χ0n) is 14.3. The number of amides is 1. The summed E-state index contributed by atoms with van der Waals surface area (Å²) in [5.74, 6) is 0.342. The summed E-state index contributed by atoms with van der Waals surface area (Å²) in [5.41, 5.74) is 4.31. The molecule has 5 nitrogen and oxygen atoms in total. The third-order valence-electron chi connectivity index (χ3n) is 3.72. The second-order valence-electron chi connectivity index (χ2n) is 5.64. The molecule has 128 valence electrons. The Morgan fingerprint density at radius 2 is 1.92 bits per heavy atom. The Labute approximate surface area is 150 Å². The van der Waals surface area contributed by atoms with E-state index in [2.05, 4.69) is 28.6 Å². The molecule has 0 unspecified atom stereocenters. The Morgan fingerprint density at radius 1 is 1.12 bits per heavy atom. The van der Waals surface area contributed by atoms with Gasteiger partial charge in [-0.1, -0.05) is 29.8 Å². The lowest BCUT2D eigenvalue weighted by Gasteiger charge is -2.08. The summed E-state index contributed by atoms with van der Waals surface area (Å²) < 4.78 is 5.24. The van der Waals surface area contributed by atoms with Crippen LogP contribution in [-0.2, 0) is 0 Å². The average Bonchev–Trinajstić information content (AvgIpc) is 3.07. The quantitative estimate of drug-likeness (QED) is 0.694. The number of rotatable bonds is 5. The number of nitrogens with zero attached hydrogens (tertiary/aromatic N) is 1. The Kier molecular flexibility index (Phi) is 5.00. The average molecular weight is 353 g/mol. The molecule has 3 aromatic rings. The van der Waals surface area contributed by atoms with E-state index in [0.717, 1.165) is 11.3 Å². The van der Waals surface area contributed by atoms with Gasteiger partial charge in [0.2, 0.25) is 0 Å². The molecule has 25 heavy (non-hydrogen) atoms. The van der Waals surface area contributed by atoms with Gasteiger partial charge in [-0.25, -0.2) is 4.98 Å². The van der Waals surface area contributed by atoms with E-state index < -0.39 is 0 Å². The number of aryl methyl sites for hydroxylation is 2. The van der Waals surface area contributed by atoms with Crippen LogP contribution in [0, 0.1) is 13.8 Å². The molecular formula is C19H19N3O2S. The molecule has 1 aromatic heterocycles. The van der Waals surface area contributed by atoms with Crippen molar-refractivity contribution >= 4 is 33.8 Å². The van der Waals surface area contributed by atoms with Gasteiger partial charge in [0.05, 0.1) is 12.8 Å². The topological polar surface area (TPSA) is 63.2 Å². The number of para-hydroxylation sites is 2. The van der Waals surface area contributed by atoms with Crippen molar-refractivity contribution < 1.29 is 9.53 Å². The van der Waals surface area contributed by atoms with Crippen LogP contribution >= 0.6 is 11.3 Å². The molecule has 0 fully saturated rings. The van der Waals surface area contributed by atoms with Crippen molar-refractivity contribution in [2.75, 3.05) is 17.7 Å². The number of thiazole rings is 1. The zero-order chi connectivity index (χ0) is 17.8. The van der Waals surface area contributed by atoms with Gasteiger partial charge in [0.25, 0.3) is 5.91 Å². The van der Waals surface area contributed by atoms with Crippen LogP contribution in [0.25, 0.3) is 0 Å². The van der Waals surface area contributed by atoms with Crippen LogP contribution in [0.1, 0.15) is 21.6 Å². The van der Waals surface area contributed by atoms with E-state index in [-0.39, 0.29) is 5.91 Å². The van der Waals surface area contributed by atoms with Crippen LogP contribution in [0.2, 0.25) is 0 Å². The summed E-state index contributed by atoms with van der Waals surface area (Å²) >= 11 is 1.39. The largest absolute Gasteiger partial charge is 0.495 e. The minimum absolute atomic E-state index is 0.269. The molecule has 2 aromatic carbocycles. The van der Waals surface area contributed by atoms with Crippen molar-refractivity contribution in [2.45, 2.75) is 13.8 Å². The maximum absolute atomic E-state index is 12.4. The molecule has 0 aliphatic carbocycles. The Balaban J connectivity index is 1.73. The molecule has 0 saturated carbocycles. The molecule has 6 heteroatoms. The standard InChI is InChI=1S/C19H19N3O2S/c1-12-8-9-14(13(2)10-12)21-19-22-16(11-25-19)18(23)20-15-6-4-5-7-17(15)24-3/h4-11H,1-3H3,(H,20,23)(H,21,22). The molecule has 0 aliphatic rings. The van der Waals surface area contributed by atoms with Gasteiger partial charge in [0.1, 0.15) is 11.4 Å². The van der Waals surface area contributed by atoms with E-state index in [9.17, 15) is 4.79 Å². The molecule has 0 bridgehead atoms. The highest BCUT2D eigenvalue weighted by atomic mass is 32.1. The summed E-state index contributed by atoms with van der Waals surface area (Å²) in [7, 11) is 1.57. The summed E-state index contributed by atoms with van der Waals surface area (Å²) in [6, 6.07) is 13.4. The number of hydrogen-bond acceptors (Lipinski definition) is 5. The van der Waals surface area contributed by atoms with Crippen molar-refractivity contribution in [1.29, 1.82) is 0 Å². The first-order chi connectivity index (χ1) is 12.1. The highest BCUT2D eigenvalue weighted by Crippen LogP contribution is 2.26. The number of aromatic nitrogens is 1. The smallest absolute Gasteiger partial charge is 0.275 e. The maximum Gasteiger partial charge on any atom is 0.275 e. The molecule has 1 heterocycles. The maximum atomic E-state index is 12.4. The van der Waals surface area contributed by atoms with E-state index >= 15 is 0 Å². The minimum Gasteiger partial charge on any atom is -0.495 e. The van der Waals surface area contributed by atoms with Gasteiger partial charge in [0.15, 0.2) is 5.13 Å². The van der Waals surface area contributed by atoms with Gasteiger partial charge >= 0.3 is 0 Å². The molecule has 0 saturated heterocycles. The normalized spacial score (nSPS) is 10.4. The number of nitrogens with one attached hydrogen (secondary N) is 2. The van der Waals surface area contributed by atoms with Gasteiger partial charge in [0, 0.05) is 11.1 Å². The molecule has 0 radical (unpaired) electrons. The lowest BCUT2D eigenvalue weighted by atomic mass is 10.1. The molecule has 2 N–H and O–H groups in total. The predicted molar refractivity (Wildman–Crippen MR) is 102 cm³/mol. The fourth-order valence-corrected chi connectivity index (χ4v) is 3.14. The summed E-state index contributed by atoms with van der Waals surface area (Å²) in [5, 5.41) is 8.50. The van der Waals surface area contributed by atoms with Gasteiger partial charge in [-0.3, -0.25) is 4.79 Å². The van der Waals surface area contributed by atoms with E-state index in [4.69, 9.17) is 4.74 Å². The Hall–Kier alpha value is -2.86. The van der Waals surface area contributed by atoms with Crippen molar-refractivity contribution in [3.8, 4) is 5.75 Å². The van der Waals surface area contributed by atoms with Crippen LogP contribution in [0.5, 0.6) is 5.75 Å². The first-order valence-electron chi connectivity index (χ1n) is 7.81. The van der Waals surface area contributed by atoms with Gasteiger partial charge in [-0.15, -0.1) is 11.3 Å². The van der Waals surface area contributed by atoms with Crippen LogP contribution < -0.4 is 15.4 Å². The molecule has 0 spiro atoms. The van der Waals surface area contributed by atoms with Gasteiger partial charge in [-0.2, -0.15) is 0 Å². The Morgan fingerprint density at radius 3 is 2.68 bits per heavy atom. The van der Waals surface area contributed by atoms with Gasteiger partial charge in [-0.05, 0) is 37.6 Å². The van der Waals surface area contributed by atoms with Crippen LogP contribution in [0.4, 0.5) is 16.5 Å². The third-order valence-corrected chi connectivity index (χ3v) is 4.47. The summed E-state index contributed by atoms with van der Waals surface area (Å²) in [4.78, 5) is 16.8. The summed E-state index contributed by atoms with van der Waals surface area (Å²) in [6.07, 6.45) is 0. The second-order valence-corrected chi connectivity index (χ2v) is 6.49. The fraction of sp³-hybridized carbons (Fsp3) is 0.158. The van der Waals surface area contributed by atoms with E-state index in [1.807, 2.05) is 31.2 Å². The van der Waals surface area contributed by atoms with Crippen molar-refractivity contribution in [3.63, 3.8) is 0 Å². The molecular weight excluding hydrogens is 334 g/mol. The zero-order valence-corrected chi connectivity index (χ0v) is 15.1. The van der Waals surface area contributed by atoms with Crippen molar-refractivity contribution in [1.82, 2.24) is 4.98 Å². The fourth-order valence-electron chi connectivity index (χ4n) is 2.44. The van der Waals surface area contributed by atoms with Crippen molar-refractivity contribution in [3.05, 3.63) is 64.7 Å². The van der Waals surface area contributed by atoms with Gasteiger partial charge < -0.3 is 15.4 Å². The van der Waals surface area contributed by atoms with Crippen LogP contribution in [-0.4, -0.2) is 18.0 Å². The predicted octanol–water partition coefficient (Wildman–Crippen LogP) is 4.76. The van der Waals surface area contributed by atoms with Crippen LogP contribution in [0.15, 0.2) is 47.8 Å². The Bertz CT molecular complexity index is 905. The number of carbonyl (C=O) groups excluding carboxylic acids is 1. The second kappa shape index (κ2) is 7.36. The number of ether oxygens (including phenoxy) is 1. The van der Waals surface area contributed by atoms with Crippen LogP contribution in [0.3, 0.4) is 0 Å². The molecule has 0 aliphatic heterocycles. The molecule has 1 amide bonds. The number of hydrogen-bond donors (Lipinski definition) is 2. The first-order valence-corrected chi connectivity index (χ1v) is 8.69. The first kappa shape index (κ1) is 17.0. The number of carbonyl (C=O) groups is 1. The summed E-state index contributed by atoms with van der Waals surface area (Å²) in [6.45, 7) is 4.10. The lowest BCUT2D eigenvalue weighted by molar-refractivity contribution is 0.102. The number of methoxy groups -OCH3 is 1. The minimum atomic E-state index is -0.269. The van der Waals surface area contributed by atoms with E-state index in [0.29, 0.717) is 22.3 Å². The molecule has 0 atom stereocenters. The monoisotopic (exact) mass is 353 g/mol. The number of anilines is 3. The van der Waals surface area contributed by atoms with E-state index in [1.165, 1.54) is 16.9 Å². The van der Waals surface area contributed by atoms with E-state index in [1.54, 1.807) is 24.6 Å². The van der Waals surface area contributed by atoms with Crippen molar-refractivity contribution in [2.24, 2.45) is 0 Å². The number of benzene rings is 2. The third kappa shape index (κ3) is 3.97. The molecule has 3 rings (SSSR count). The highest BCUT2D eigenvalue weighted by molar-refractivity contribution is 7.14. The lowest BCUT2D eigenvalue weighted by Crippen LogP contribution is -2.13. The SMILES string of the molecule is COc1ccccc1NC(=O)c1csc(Nc2ccc(C)cc2C)n1.